The van der Waals surface area contributed by atoms with Crippen LogP contribution in [-0.2, 0) is 11.3 Å². The molecular formula is C16H20ClN5O2. The van der Waals surface area contributed by atoms with Crippen molar-refractivity contribution in [2.45, 2.75) is 13.5 Å². The number of rotatable bonds is 5. The fraction of sp³-hybridized carbons (Fsp3) is 0.438. The number of hydrogen-bond donors (Lipinski definition) is 1. The highest BCUT2D eigenvalue weighted by molar-refractivity contribution is 6.30. The summed E-state index contributed by atoms with van der Waals surface area (Å²) in [4.78, 5) is 20.6. The standard InChI is InChI=1S/C16H20ClN5O2/c1-12-18-15(20-19-12)10-21-6-8-22(9-7-21)16(23)11-24-14-4-2-13(17)3-5-14/h2-5H,6-11H2,1H3,(H,18,19,20). The molecule has 0 bridgehead atoms. The third-order valence-corrected chi connectivity index (χ3v) is 4.16. The average Bonchev–Trinajstić information content (AvgIpc) is 2.99. The summed E-state index contributed by atoms with van der Waals surface area (Å²) >= 11 is 5.82. The van der Waals surface area contributed by atoms with Gasteiger partial charge in [-0.1, -0.05) is 11.6 Å². The van der Waals surface area contributed by atoms with Gasteiger partial charge in [0, 0.05) is 31.2 Å². The fourth-order valence-corrected chi connectivity index (χ4v) is 2.71. The van der Waals surface area contributed by atoms with Crippen LogP contribution in [0.2, 0.25) is 5.02 Å². The van der Waals surface area contributed by atoms with Crippen molar-refractivity contribution in [3.8, 4) is 5.75 Å². The summed E-state index contributed by atoms with van der Waals surface area (Å²) in [5.41, 5.74) is 0. The third-order valence-electron chi connectivity index (χ3n) is 3.91. The average molecular weight is 350 g/mol. The van der Waals surface area contributed by atoms with E-state index in [4.69, 9.17) is 16.3 Å². The number of ether oxygens (including phenoxy) is 1. The van der Waals surface area contributed by atoms with Gasteiger partial charge >= 0.3 is 0 Å². The van der Waals surface area contributed by atoms with E-state index in [-0.39, 0.29) is 12.5 Å². The molecule has 1 fully saturated rings. The molecule has 0 radical (unpaired) electrons. The lowest BCUT2D eigenvalue weighted by Gasteiger charge is -2.34. The molecule has 1 amide bonds. The highest BCUT2D eigenvalue weighted by atomic mass is 35.5. The number of aromatic nitrogens is 3. The third kappa shape index (κ3) is 4.46. The first-order valence-corrected chi connectivity index (χ1v) is 8.24. The first-order valence-electron chi connectivity index (χ1n) is 7.86. The van der Waals surface area contributed by atoms with Gasteiger partial charge < -0.3 is 9.64 Å². The van der Waals surface area contributed by atoms with Crippen LogP contribution in [0.25, 0.3) is 0 Å². The highest BCUT2D eigenvalue weighted by Crippen LogP contribution is 2.15. The Kier molecular flexibility index (Phi) is 5.32. The molecule has 1 aromatic carbocycles. The highest BCUT2D eigenvalue weighted by Gasteiger charge is 2.22. The van der Waals surface area contributed by atoms with Crippen molar-refractivity contribution in [2.24, 2.45) is 0 Å². The Bertz CT molecular complexity index is 680. The number of halogens is 1. The minimum Gasteiger partial charge on any atom is -0.484 e. The SMILES string of the molecule is Cc1nc(CN2CCN(C(=O)COc3ccc(Cl)cc3)CC2)n[nH]1. The molecule has 0 aliphatic carbocycles. The van der Waals surface area contributed by atoms with Crippen LogP contribution >= 0.6 is 11.6 Å². The van der Waals surface area contributed by atoms with Crippen molar-refractivity contribution >= 4 is 17.5 Å². The van der Waals surface area contributed by atoms with Gasteiger partial charge in [-0.3, -0.25) is 14.8 Å². The van der Waals surface area contributed by atoms with Crippen LogP contribution in [-0.4, -0.2) is 63.7 Å². The Labute approximate surface area is 145 Å². The van der Waals surface area contributed by atoms with E-state index in [1.54, 1.807) is 24.3 Å². The molecule has 8 heteroatoms. The number of carbonyl (C=O) groups excluding carboxylic acids is 1. The topological polar surface area (TPSA) is 74.3 Å². The zero-order chi connectivity index (χ0) is 16.9. The molecular weight excluding hydrogens is 330 g/mol. The molecule has 1 saturated heterocycles. The number of nitrogens with one attached hydrogen (secondary N) is 1. The molecule has 1 N–H and O–H groups in total. The molecule has 2 aromatic rings. The maximum absolute atomic E-state index is 12.2. The number of hydrogen-bond acceptors (Lipinski definition) is 5. The Morgan fingerprint density at radius 2 is 1.96 bits per heavy atom. The summed E-state index contributed by atoms with van der Waals surface area (Å²) in [6.07, 6.45) is 0. The largest absolute Gasteiger partial charge is 0.484 e. The van der Waals surface area contributed by atoms with E-state index in [1.165, 1.54) is 0 Å². The number of aryl methyl sites for hydroxylation is 1. The number of carbonyl (C=O) groups is 1. The fourth-order valence-electron chi connectivity index (χ4n) is 2.58. The van der Waals surface area contributed by atoms with Gasteiger partial charge in [0.15, 0.2) is 12.4 Å². The zero-order valence-corrected chi connectivity index (χ0v) is 14.3. The smallest absolute Gasteiger partial charge is 0.260 e. The maximum Gasteiger partial charge on any atom is 0.260 e. The van der Waals surface area contributed by atoms with Crippen LogP contribution in [0.5, 0.6) is 5.75 Å². The molecule has 24 heavy (non-hydrogen) atoms. The number of benzene rings is 1. The van der Waals surface area contributed by atoms with Crippen molar-refractivity contribution < 1.29 is 9.53 Å². The Balaban J connectivity index is 1.42. The molecule has 0 saturated carbocycles. The first-order chi connectivity index (χ1) is 11.6. The van der Waals surface area contributed by atoms with Crippen LogP contribution < -0.4 is 4.74 Å². The second-order valence-electron chi connectivity index (χ2n) is 5.74. The van der Waals surface area contributed by atoms with E-state index in [0.29, 0.717) is 30.4 Å². The summed E-state index contributed by atoms with van der Waals surface area (Å²) in [5, 5.41) is 7.63. The lowest BCUT2D eigenvalue weighted by molar-refractivity contribution is -0.135. The molecule has 0 atom stereocenters. The van der Waals surface area contributed by atoms with E-state index in [9.17, 15) is 4.79 Å². The van der Waals surface area contributed by atoms with Crippen molar-refractivity contribution in [1.82, 2.24) is 25.0 Å². The second-order valence-corrected chi connectivity index (χ2v) is 6.17. The Morgan fingerprint density at radius 1 is 1.25 bits per heavy atom. The molecule has 1 aromatic heterocycles. The van der Waals surface area contributed by atoms with Crippen LogP contribution in [0.3, 0.4) is 0 Å². The molecule has 3 rings (SSSR count). The zero-order valence-electron chi connectivity index (χ0n) is 13.5. The summed E-state index contributed by atoms with van der Waals surface area (Å²) in [6.45, 7) is 5.61. The monoisotopic (exact) mass is 349 g/mol. The van der Waals surface area contributed by atoms with E-state index >= 15 is 0 Å². The summed E-state index contributed by atoms with van der Waals surface area (Å²) < 4.78 is 5.51. The van der Waals surface area contributed by atoms with Gasteiger partial charge in [0.2, 0.25) is 0 Å². The Morgan fingerprint density at radius 3 is 2.58 bits per heavy atom. The Hall–Kier alpha value is -2.12. The van der Waals surface area contributed by atoms with Gasteiger partial charge in [0.25, 0.3) is 5.91 Å². The minimum absolute atomic E-state index is 0.00154. The molecule has 1 aliphatic heterocycles. The lowest BCUT2D eigenvalue weighted by atomic mass is 10.3. The number of aromatic amines is 1. The summed E-state index contributed by atoms with van der Waals surface area (Å²) in [6, 6.07) is 6.99. The van der Waals surface area contributed by atoms with Gasteiger partial charge in [-0.25, -0.2) is 4.98 Å². The maximum atomic E-state index is 12.2. The number of amides is 1. The number of nitrogens with zero attached hydrogens (tertiary/aromatic N) is 4. The van der Waals surface area contributed by atoms with Crippen LogP contribution in [0.1, 0.15) is 11.6 Å². The molecule has 7 nitrogen and oxygen atoms in total. The van der Waals surface area contributed by atoms with Gasteiger partial charge in [-0.15, -0.1) is 0 Å². The van der Waals surface area contributed by atoms with Crippen molar-refractivity contribution in [3.05, 3.63) is 40.9 Å². The second kappa shape index (κ2) is 7.63. The number of H-pyrrole nitrogens is 1. The lowest BCUT2D eigenvalue weighted by Crippen LogP contribution is -2.49. The summed E-state index contributed by atoms with van der Waals surface area (Å²) in [7, 11) is 0. The van der Waals surface area contributed by atoms with E-state index in [1.807, 2.05) is 11.8 Å². The molecule has 0 unspecified atom stereocenters. The van der Waals surface area contributed by atoms with Crippen LogP contribution in [0.4, 0.5) is 0 Å². The van der Waals surface area contributed by atoms with Crippen LogP contribution in [0.15, 0.2) is 24.3 Å². The van der Waals surface area contributed by atoms with Gasteiger partial charge in [-0.05, 0) is 31.2 Å². The minimum atomic E-state index is -0.00154. The number of piperazine rings is 1. The normalized spacial score (nSPS) is 15.5. The molecule has 1 aliphatic rings. The predicted octanol–water partition coefficient (Wildman–Crippen LogP) is 1.49. The molecule has 0 spiro atoms. The van der Waals surface area contributed by atoms with Gasteiger partial charge in [-0.2, -0.15) is 5.10 Å². The van der Waals surface area contributed by atoms with E-state index < -0.39 is 0 Å². The van der Waals surface area contributed by atoms with Crippen LogP contribution in [0, 0.1) is 6.92 Å². The van der Waals surface area contributed by atoms with Crippen molar-refractivity contribution in [2.75, 3.05) is 32.8 Å². The molecule has 2 heterocycles. The van der Waals surface area contributed by atoms with Crippen molar-refractivity contribution in [1.29, 1.82) is 0 Å². The van der Waals surface area contributed by atoms with Gasteiger partial charge in [0.05, 0.1) is 6.54 Å². The van der Waals surface area contributed by atoms with E-state index in [0.717, 1.165) is 24.7 Å². The van der Waals surface area contributed by atoms with Crippen molar-refractivity contribution in [3.63, 3.8) is 0 Å². The van der Waals surface area contributed by atoms with E-state index in [2.05, 4.69) is 20.1 Å². The molecule has 128 valence electrons. The van der Waals surface area contributed by atoms with Gasteiger partial charge in [0.1, 0.15) is 11.6 Å². The quantitative estimate of drug-likeness (QED) is 0.885. The first kappa shape index (κ1) is 16.7. The predicted molar refractivity (Wildman–Crippen MR) is 89.9 cm³/mol. The summed E-state index contributed by atoms with van der Waals surface area (Å²) in [5.74, 6) is 2.25.